The van der Waals surface area contributed by atoms with Gasteiger partial charge in [0.25, 0.3) is 5.69 Å². The Morgan fingerprint density at radius 1 is 1.19 bits per heavy atom. The summed E-state index contributed by atoms with van der Waals surface area (Å²) >= 11 is 6.07. The van der Waals surface area contributed by atoms with Crippen LogP contribution in [0.1, 0.15) is 0 Å². The molecule has 0 aliphatic rings. The van der Waals surface area contributed by atoms with Crippen molar-refractivity contribution in [3.05, 3.63) is 51.8 Å². The van der Waals surface area contributed by atoms with Crippen molar-refractivity contribution in [2.24, 2.45) is 0 Å². The number of pyridine rings is 1. The molecule has 0 aliphatic heterocycles. The van der Waals surface area contributed by atoms with Gasteiger partial charge in [-0.25, -0.2) is 4.98 Å². The van der Waals surface area contributed by atoms with Gasteiger partial charge in [0.1, 0.15) is 5.52 Å². The molecule has 2 heterocycles. The van der Waals surface area contributed by atoms with Crippen LogP contribution >= 0.6 is 11.6 Å². The van der Waals surface area contributed by atoms with Gasteiger partial charge in [-0.15, -0.1) is 0 Å². The molecule has 7 heteroatoms. The van der Waals surface area contributed by atoms with Gasteiger partial charge in [-0.2, -0.15) is 5.10 Å². The van der Waals surface area contributed by atoms with E-state index in [1.54, 1.807) is 24.5 Å². The van der Waals surface area contributed by atoms with Crippen molar-refractivity contribution in [2.45, 2.75) is 0 Å². The third kappa shape index (κ3) is 1.66. The van der Waals surface area contributed by atoms with Crippen LogP contribution in [0.4, 0.5) is 5.69 Å². The van der Waals surface area contributed by atoms with Crippen molar-refractivity contribution in [1.29, 1.82) is 0 Å². The normalized spacial score (nSPS) is 11.5. The van der Waals surface area contributed by atoms with Crippen molar-refractivity contribution in [1.82, 2.24) is 15.2 Å². The van der Waals surface area contributed by atoms with Crippen LogP contribution in [0.25, 0.3) is 32.6 Å². The zero-order chi connectivity index (χ0) is 14.6. The first kappa shape index (κ1) is 12.0. The van der Waals surface area contributed by atoms with Crippen LogP contribution in [-0.4, -0.2) is 20.1 Å². The Bertz CT molecular complexity index is 1040. The van der Waals surface area contributed by atoms with Gasteiger partial charge in [0.05, 0.1) is 16.6 Å². The number of non-ortho nitro benzene ring substituents is 1. The number of aromatic amines is 1. The lowest BCUT2D eigenvalue weighted by molar-refractivity contribution is -0.383. The Balaban J connectivity index is 2.36. The first-order chi connectivity index (χ1) is 10.1. The molecule has 6 nitrogen and oxygen atoms in total. The number of nitro groups is 1. The van der Waals surface area contributed by atoms with Gasteiger partial charge in [0.2, 0.25) is 0 Å². The maximum absolute atomic E-state index is 11.3. The summed E-state index contributed by atoms with van der Waals surface area (Å²) in [6.45, 7) is 0. The van der Waals surface area contributed by atoms with Crippen molar-refractivity contribution < 1.29 is 4.92 Å². The van der Waals surface area contributed by atoms with Crippen molar-refractivity contribution in [3.8, 4) is 0 Å². The van der Waals surface area contributed by atoms with E-state index in [2.05, 4.69) is 15.2 Å². The van der Waals surface area contributed by atoms with Crippen LogP contribution in [0.3, 0.4) is 0 Å². The minimum atomic E-state index is -0.438. The smallest absolute Gasteiger partial charge is 0.278 e. The number of H-pyrrole nitrogens is 1. The number of nitrogens with zero attached hydrogens (tertiary/aromatic N) is 3. The van der Waals surface area contributed by atoms with E-state index in [4.69, 9.17) is 11.6 Å². The summed E-state index contributed by atoms with van der Waals surface area (Å²) in [5.41, 5.74) is 0.885. The van der Waals surface area contributed by atoms with Gasteiger partial charge in [-0.1, -0.05) is 17.7 Å². The highest BCUT2D eigenvalue weighted by Gasteiger charge is 2.19. The van der Waals surface area contributed by atoms with E-state index in [0.29, 0.717) is 21.4 Å². The Morgan fingerprint density at radius 2 is 2.05 bits per heavy atom. The van der Waals surface area contributed by atoms with Crippen molar-refractivity contribution in [2.75, 3.05) is 0 Å². The summed E-state index contributed by atoms with van der Waals surface area (Å²) in [5.74, 6) is 0. The van der Waals surface area contributed by atoms with Gasteiger partial charge in [0.15, 0.2) is 0 Å². The van der Waals surface area contributed by atoms with Gasteiger partial charge >= 0.3 is 0 Å². The Morgan fingerprint density at radius 3 is 2.86 bits per heavy atom. The van der Waals surface area contributed by atoms with Gasteiger partial charge in [-0.05, 0) is 17.5 Å². The predicted octanol–water partition coefficient (Wildman–Crippen LogP) is 3.83. The van der Waals surface area contributed by atoms with Gasteiger partial charge < -0.3 is 0 Å². The summed E-state index contributed by atoms with van der Waals surface area (Å²) in [6.07, 6.45) is 3.26. The summed E-state index contributed by atoms with van der Waals surface area (Å²) in [6, 6.07) is 6.85. The first-order valence-electron chi connectivity index (χ1n) is 6.13. The maximum Gasteiger partial charge on any atom is 0.297 e. The minimum Gasteiger partial charge on any atom is -0.278 e. The molecule has 0 amide bonds. The molecule has 21 heavy (non-hydrogen) atoms. The maximum atomic E-state index is 11.3. The highest BCUT2D eigenvalue weighted by molar-refractivity contribution is 6.32. The van der Waals surface area contributed by atoms with Crippen LogP contribution in [0.5, 0.6) is 0 Å². The van der Waals surface area contributed by atoms with Crippen LogP contribution in [0, 0.1) is 10.1 Å². The number of rotatable bonds is 1. The first-order valence-corrected chi connectivity index (χ1v) is 6.51. The monoisotopic (exact) mass is 298 g/mol. The summed E-state index contributed by atoms with van der Waals surface area (Å²) in [4.78, 5) is 15.1. The third-order valence-corrected chi connectivity index (χ3v) is 3.75. The fraction of sp³-hybridized carbons (Fsp3) is 0. The van der Waals surface area contributed by atoms with E-state index in [9.17, 15) is 10.1 Å². The Kier molecular flexibility index (Phi) is 2.37. The topological polar surface area (TPSA) is 84.7 Å². The quantitative estimate of drug-likeness (QED) is 0.329. The molecular formula is C14H7ClN4O2. The Hall–Kier alpha value is -2.73. The van der Waals surface area contributed by atoms with E-state index in [1.807, 2.05) is 6.07 Å². The fourth-order valence-corrected chi connectivity index (χ4v) is 2.77. The van der Waals surface area contributed by atoms with Crippen molar-refractivity contribution in [3.63, 3.8) is 0 Å². The number of halogens is 1. The molecule has 0 atom stereocenters. The Labute approximate surface area is 122 Å². The van der Waals surface area contributed by atoms with Crippen LogP contribution in [0.2, 0.25) is 5.02 Å². The third-order valence-electron chi connectivity index (χ3n) is 3.51. The lowest BCUT2D eigenvalue weighted by Gasteiger charge is -2.05. The summed E-state index contributed by atoms with van der Waals surface area (Å²) < 4.78 is 0. The molecule has 4 rings (SSSR count). The van der Waals surface area contributed by atoms with E-state index in [0.717, 1.165) is 16.2 Å². The molecule has 102 valence electrons. The molecule has 0 unspecified atom stereocenters. The average Bonchev–Trinajstić information content (AvgIpc) is 2.93. The zero-order valence-electron chi connectivity index (χ0n) is 10.5. The molecular weight excluding hydrogens is 292 g/mol. The second kappa shape index (κ2) is 4.13. The summed E-state index contributed by atoms with van der Waals surface area (Å²) in [7, 11) is 0. The van der Waals surface area contributed by atoms with Crippen LogP contribution < -0.4 is 0 Å². The van der Waals surface area contributed by atoms with Gasteiger partial charge in [0, 0.05) is 33.4 Å². The predicted molar refractivity (Wildman–Crippen MR) is 80.6 cm³/mol. The van der Waals surface area contributed by atoms with E-state index < -0.39 is 4.92 Å². The number of nitrogens with one attached hydrogen (secondary N) is 1. The lowest BCUT2D eigenvalue weighted by Crippen LogP contribution is -1.93. The number of benzene rings is 2. The van der Waals surface area contributed by atoms with E-state index in [-0.39, 0.29) is 5.69 Å². The molecule has 2 aromatic heterocycles. The molecule has 1 N–H and O–H groups in total. The van der Waals surface area contributed by atoms with E-state index in [1.165, 1.54) is 6.07 Å². The molecule has 0 fully saturated rings. The number of aromatic nitrogens is 3. The molecule has 0 radical (unpaired) electrons. The molecule has 0 saturated heterocycles. The van der Waals surface area contributed by atoms with Crippen LogP contribution in [-0.2, 0) is 0 Å². The highest BCUT2D eigenvalue weighted by atomic mass is 35.5. The number of hydrogen-bond acceptors (Lipinski definition) is 4. The summed E-state index contributed by atoms with van der Waals surface area (Å²) in [5, 5.41) is 21.8. The molecule has 0 spiro atoms. The molecule has 0 bridgehead atoms. The lowest BCUT2D eigenvalue weighted by atomic mass is 10.0. The zero-order valence-corrected chi connectivity index (χ0v) is 11.3. The number of nitro benzene ring substituents is 1. The van der Waals surface area contributed by atoms with Crippen LogP contribution in [0.15, 0.2) is 36.7 Å². The fourth-order valence-electron chi connectivity index (χ4n) is 2.60. The average molecular weight is 299 g/mol. The molecule has 0 saturated carbocycles. The van der Waals surface area contributed by atoms with Gasteiger partial charge in [-0.3, -0.25) is 15.2 Å². The number of hydrogen-bond donors (Lipinski definition) is 1. The SMILES string of the molecule is O=[N+]([O-])c1cc2[nH]ncc2c2c1ncc1ccc(Cl)cc12. The molecule has 2 aromatic carbocycles. The van der Waals surface area contributed by atoms with Crippen molar-refractivity contribution >= 4 is 49.9 Å². The largest absolute Gasteiger partial charge is 0.297 e. The standard InChI is InChI=1S/C14H7ClN4O2/c15-8-2-1-7-5-16-14-12(19(20)21)4-11-10(6-17-18-11)13(14)9(7)3-8/h1-6H,(H,17,18). The minimum absolute atomic E-state index is 0.0522. The molecule has 4 aromatic rings. The highest BCUT2D eigenvalue weighted by Crippen LogP contribution is 2.36. The number of fused-ring (bicyclic) bond motifs is 5. The van der Waals surface area contributed by atoms with E-state index >= 15 is 0 Å². The second-order valence-corrected chi connectivity index (χ2v) is 5.13. The second-order valence-electron chi connectivity index (χ2n) is 4.70. The molecule has 0 aliphatic carbocycles.